The van der Waals surface area contributed by atoms with Gasteiger partial charge in [0.25, 0.3) is 0 Å². The third-order valence-corrected chi connectivity index (χ3v) is 5.99. The van der Waals surface area contributed by atoms with E-state index in [-0.39, 0.29) is 16.6 Å². The molecule has 0 bridgehead atoms. The first-order valence-corrected chi connectivity index (χ1v) is 11.2. The fraction of sp³-hybridized carbons (Fsp3) is 0.375. The van der Waals surface area contributed by atoms with Gasteiger partial charge in [0.05, 0.1) is 11.8 Å². The quantitative estimate of drug-likeness (QED) is 0.550. The molecule has 0 saturated carbocycles. The van der Waals surface area contributed by atoms with Crippen molar-refractivity contribution in [1.82, 2.24) is 20.1 Å². The summed E-state index contributed by atoms with van der Waals surface area (Å²) in [7, 11) is 0. The molecule has 1 heterocycles. The topological polar surface area (TPSA) is 59.8 Å². The highest BCUT2D eigenvalue weighted by molar-refractivity contribution is 8.00. The summed E-state index contributed by atoms with van der Waals surface area (Å²) in [6.45, 7) is 11.7. The Hall–Kier alpha value is -2.60. The van der Waals surface area contributed by atoms with Crippen molar-refractivity contribution in [2.75, 3.05) is 6.54 Å². The lowest BCUT2D eigenvalue weighted by molar-refractivity contribution is -0.120. The van der Waals surface area contributed by atoms with E-state index in [9.17, 15) is 4.79 Å². The van der Waals surface area contributed by atoms with Gasteiger partial charge < -0.3 is 5.32 Å². The van der Waals surface area contributed by atoms with Crippen LogP contribution in [0.15, 0.2) is 59.8 Å². The number of thioether (sulfide) groups is 1. The van der Waals surface area contributed by atoms with Crippen LogP contribution in [0, 0.1) is 0 Å². The smallest absolute Gasteiger partial charge is 0.233 e. The molecule has 1 aromatic heterocycles. The molecule has 0 aliphatic rings. The van der Waals surface area contributed by atoms with Crippen molar-refractivity contribution in [2.24, 2.45) is 0 Å². The predicted octanol–water partition coefficient (Wildman–Crippen LogP) is 4.91. The van der Waals surface area contributed by atoms with Gasteiger partial charge in [0, 0.05) is 12.1 Å². The maximum absolute atomic E-state index is 12.2. The van der Waals surface area contributed by atoms with Gasteiger partial charge in [-0.2, -0.15) is 0 Å². The summed E-state index contributed by atoms with van der Waals surface area (Å²) < 4.78 is 2.10. The normalized spacial score (nSPS) is 12.6. The van der Waals surface area contributed by atoms with E-state index >= 15 is 0 Å². The number of carbonyl (C=O) groups is 1. The van der Waals surface area contributed by atoms with Crippen molar-refractivity contribution in [3.63, 3.8) is 0 Å². The van der Waals surface area contributed by atoms with Crippen LogP contribution in [0.1, 0.15) is 45.7 Å². The van der Waals surface area contributed by atoms with Crippen LogP contribution in [0.5, 0.6) is 0 Å². The Balaban J connectivity index is 1.96. The van der Waals surface area contributed by atoms with Crippen molar-refractivity contribution < 1.29 is 4.79 Å². The Kier molecular flexibility index (Phi) is 6.98. The fourth-order valence-corrected chi connectivity index (χ4v) is 4.02. The Bertz CT molecular complexity index is 975. The maximum atomic E-state index is 12.2. The summed E-state index contributed by atoms with van der Waals surface area (Å²) in [6.07, 6.45) is 0. The number of nitrogens with one attached hydrogen (secondary N) is 1. The Labute approximate surface area is 183 Å². The minimum atomic E-state index is -0.250. The zero-order valence-corrected chi connectivity index (χ0v) is 19.2. The van der Waals surface area contributed by atoms with Crippen LogP contribution in [0.2, 0.25) is 0 Å². The minimum absolute atomic E-state index is 0.00726. The largest absolute Gasteiger partial charge is 0.355 e. The van der Waals surface area contributed by atoms with Crippen molar-refractivity contribution in [2.45, 2.75) is 57.0 Å². The second kappa shape index (κ2) is 9.47. The minimum Gasteiger partial charge on any atom is -0.355 e. The van der Waals surface area contributed by atoms with Gasteiger partial charge >= 0.3 is 0 Å². The SMILES string of the molecule is CCNC(=O)[C@H](C)Sc1nnc(-c2ccc(C(C)(C)C)cc2)n1Cc1ccccc1. The van der Waals surface area contributed by atoms with E-state index in [1.54, 1.807) is 0 Å². The molecule has 3 aromatic rings. The number of nitrogens with zero attached hydrogens (tertiary/aromatic N) is 3. The Morgan fingerprint density at radius 2 is 1.73 bits per heavy atom. The molecule has 158 valence electrons. The van der Waals surface area contributed by atoms with E-state index < -0.39 is 0 Å². The number of aromatic nitrogens is 3. The fourth-order valence-electron chi connectivity index (χ4n) is 3.15. The molecule has 1 N–H and O–H groups in total. The molecule has 0 aliphatic carbocycles. The van der Waals surface area contributed by atoms with E-state index in [0.29, 0.717) is 13.1 Å². The number of hydrogen-bond acceptors (Lipinski definition) is 4. The average Bonchev–Trinajstić information content (AvgIpc) is 3.10. The van der Waals surface area contributed by atoms with Gasteiger partial charge in [-0.15, -0.1) is 10.2 Å². The first kappa shape index (κ1) is 22.1. The predicted molar refractivity (Wildman–Crippen MR) is 124 cm³/mol. The summed E-state index contributed by atoms with van der Waals surface area (Å²) in [5.41, 5.74) is 3.56. The molecule has 2 aromatic carbocycles. The van der Waals surface area contributed by atoms with Gasteiger partial charge in [-0.1, -0.05) is 87.1 Å². The maximum Gasteiger partial charge on any atom is 0.233 e. The lowest BCUT2D eigenvalue weighted by Crippen LogP contribution is -2.30. The van der Waals surface area contributed by atoms with Crippen molar-refractivity contribution in [3.8, 4) is 11.4 Å². The molecule has 0 radical (unpaired) electrons. The van der Waals surface area contributed by atoms with Gasteiger partial charge in [-0.3, -0.25) is 9.36 Å². The Morgan fingerprint density at radius 3 is 2.33 bits per heavy atom. The summed E-state index contributed by atoms with van der Waals surface area (Å²) in [5, 5.41) is 12.3. The number of hydrogen-bond donors (Lipinski definition) is 1. The Morgan fingerprint density at radius 1 is 1.07 bits per heavy atom. The van der Waals surface area contributed by atoms with Gasteiger partial charge in [-0.25, -0.2) is 0 Å². The molecule has 0 fully saturated rings. The first-order chi connectivity index (χ1) is 14.3. The molecule has 0 saturated heterocycles. The highest BCUT2D eigenvalue weighted by atomic mass is 32.2. The van der Waals surface area contributed by atoms with Crippen molar-refractivity contribution >= 4 is 17.7 Å². The van der Waals surface area contributed by atoms with Crippen LogP contribution in [0.25, 0.3) is 11.4 Å². The van der Waals surface area contributed by atoms with Crippen LogP contribution in [-0.4, -0.2) is 32.5 Å². The zero-order chi connectivity index (χ0) is 21.7. The molecule has 0 aliphatic heterocycles. The second-order valence-electron chi connectivity index (χ2n) is 8.36. The van der Waals surface area contributed by atoms with E-state index in [4.69, 9.17) is 0 Å². The first-order valence-electron chi connectivity index (χ1n) is 10.3. The number of benzene rings is 2. The molecule has 1 atom stereocenters. The average molecular weight is 423 g/mol. The molecular weight excluding hydrogens is 392 g/mol. The van der Waals surface area contributed by atoms with Crippen LogP contribution >= 0.6 is 11.8 Å². The summed E-state index contributed by atoms with van der Waals surface area (Å²) in [5.74, 6) is 0.817. The van der Waals surface area contributed by atoms with Crippen molar-refractivity contribution in [3.05, 3.63) is 65.7 Å². The summed E-state index contributed by atoms with van der Waals surface area (Å²) >= 11 is 1.44. The standard InChI is InChI=1S/C24H30N4OS/c1-6-25-22(29)17(2)30-23-27-26-21(28(23)16-18-10-8-7-9-11-18)19-12-14-20(15-13-19)24(3,4)5/h7-15,17H,6,16H2,1-5H3,(H,25,29)/t17-/m0/s1. The molecule has 5 nitrogen and oxygen atoms in total. The van der Waals surface area contributed by atoms with Crippen molar-refractivity contribution in [1.29, 1.82) is 0 Å². The van der Waals surface area contributed by atoms with Gasteiger partial charge in [0.1, 0.15) is 0 Å². The molecule has 6 heteroatoms. The number of rotatable bonds is 7. The second-order valence-corrected chi connectivity index (χ2v) is 9.67. The van der Waals surface area contributed by atoms with E-state index in [2.05, 4.69) is 77.3 Å². The highest BCUT2D eigenvalue weighted by Gasteiger charge is 2.21. The molecule has 0 unspecified atom stereocenters. The van der Waals surface area contributed by atoms with E-state index in [1.807, 2.05) is 32.0 Å². The molecular formula is C24H30N4OS. The third-order valence-electron chi connectivity index (χ3n) is 4.91. The van der Waals surface area contributed by atoms with Crippen LogP contribution in [0.4, 0.5) is 0 Å². The summed E-state index contributed by atoms with van der Waals surface area (Å²) in [6, 6.07) is 18.8. The molecule has 1 amide bonds. The number of amides is 1. The van der Waals surface area contributed by atoms with Crippen LogP contribution < -0.4 is 5.32 Å². The monoisotopic (exact) mass is 422 g/mol. The molecule has 30 heavy (non-hydrogen) atoms. The van der Waals surface area contributed by atoms with Crippen LogP contribution in [-0.2, 0) is 16.8 Å². The summed E-state index contributed by atoms with van der Waals surface area (Å²) in [4.78, 5) is 12.2. The van der Waals surface area contributed by atoms with E-state index in [1.165, 1.54) is 17.3 Å². The molecule has 0 spiro atoms. The molecule has 3 rings (SSSR count). The lowest BCUT2D eigenvalue weighted by atomic mass is 9.87. The zero-order valence-electron chi connectivity index (χ0n) is 18.3. The number of carbonyl (C=O) groups excluding carboxylic acids is 1. The van der Waals surface area contributed by atoms with Gasteiger partial charge in [0.2, 0.25) is 5.91 Å². The highest BCUT2D eigenvalue weighted by Crippen LogP contribution is 2.30. The lowest BCUT2D eigenvalue weighted by Gasteiger charge is -2.19. The third kappa shape index (κ3) is 5.30. The van der Waals surface area contributed by atoms with Crippen LogP contribution in [0.3, 0.4) is 0 Å². The van der Waals surface area contributed by atoms with E-state index in [0.717, 1.165) is 22.1 Å². The van der Waals surface area contributed by atoms with Gasteiger partial charge in [0.15, 0.2) is 11.0 Å². The van der Waals surface area contributed by atoms with Gasteiger partial charge in [-0.05, 0) is 30.4 Å².